The number of aliphatic hydroxyl groups excluding tert-OH is 1. The molecule has 2 aromatic rings. The van der Waals surface area contributed by atoms with Gasteiger partial charge < -0.3 is 10.0 Å². The van der Waals surface area contributed by atoms with Crippen molar-refractivity contribution >= 4 is 26.9 Å². The quantitative estimate of drug-likeness (QED) is 0.799. The number of aliphatic hydroxyl groups is 1. The smallest absolute Gasteiger partial charge is 0.191 e. The van der Waals surface area contributed by atoms with E-state index in [1.165, 1.54) is 17.4 Å². The van der Waals surface area contributed by atoms with Crippen molar-refractivity contribution in [2.24, 2.45) is 0 Å². The van der Waals surface area contributed by atoms with Crippen LogP contribution in [-0.4, -0.2) is 56.4 Å². The molecule has 1 aromatic carbocycles. The number of fused-ring (bicyclic) bond motifs is 1. The van der Waals surface area contributed by atoms with Crippen LogP contribution < -0.4 is 4.90 Å². The molecule has 2 unspecified atom stereocenters. The summed E-state index contributed by atoms with van der Waals surface area (Å²) in [5, 5.41) is 11.5. The number of para-hydroxylation sites is 1. The monoisotopic (exact) mass is 424 g/mol. The molecule has 2 aliphatic heterocycles. The van der Waals surface area contributed by atoms with E-state index in [1.807, 2.05) is 12.1 Å². The maximum Gasteiger partial charge on any atom is 0.191 e. The van der Waals surface area contributed by atoms with Crippen LogP contribution in [0.4, 0.5) is 10.1 Å². The normalized spacial score (nSPS) is 24.9. The van der Waals surface area contributed by atoms with E-state index in [0.717, 1.165) is 39.1 Å². The summed E-state index contributed by atoms with van der Waals surface area (Å²) in [7, 11) is -3.33. The molecule has 1 N–H and O–H groups in total. The molecule has 1 saturated heterocycles. The Kier molecular flexibility index (Phi) is 5.73. The minimum absolute atomic E-state index is 0.190. The first-order valence-electron chi connectivity index (χ1n) is 9.68. The fourth-order valence-corrected chi connectivity index (χ4v) is 7.71. The topological polar surface area (TPSA) is 60.9 Å². The molecular weight excluding hydrogens is 399 g/mol. The van der Waals surface area contributed by atoms with Gasteiger partial charge in [-0.15, -0.1) is 11.3 Å². The lowest BCUT2D eigenvalue weighted by Crippen LogP contribution is -2.47. The molecule has 28 heavy (non-hydrogen) atoms. The van der Waals surface area contributed by atoms with Crippen molar-refractivity contribution in [2.45, 2.75) is 34.8 Å². The maximum atomic E-state index is 13.9. The Bertz CT molecular complexity index is 923. The van der Waals surface area contributed by atoms with Crippen molar-refractivity contribution in [1.29, 1.82) is 0 Å². The van der Waals surface area contributed by atoms with Crippen LogP contribution in [0.15, 0.2) is 39.9 Å². The fraction of sp³-hybridized carbons (Fsp3) is 0.500. The first-order valence-corrected chi connectivity index (χ1v) is 12.1. The molecule has 1 fully saturated rings. The summed E-state index contributed by atoms with van der Waals surface area (Å²) < 4.78 is 39.8. The van der Waals surface area contributed by atoms with Crippen molar-refractivity contribution in [2.75, 3.05) is 37.6 Å². The molecule has 0 spiro atoms. The summed E-state index contributed by atoms with van der Waals surface area (Å²) in [6.07, 6.45) is 0.938. The van der Waals surface area contributed by atoms with Crippen molar-refractivity contribution in [3.05, 3.63) is 47.1 Å². The summed E-state index contributed by atoms with van der Waals surface area (Å²) >= 11 is 1.21. The van der Waals surface area contributed by atoms with Crippen LogP contribution >= 0.6 is 11.3 Å². The molecule has 0 bridgehead atoms. The van der Waals surface area contributed by atoms with Gasteiger partial charge in [0.05, 0.1) is 17.0 Å². The van der Waals surface area contributed by atoms with Gasteiger partial charge in [-0.1, -0.05) is 12.1 Å². The molecule has 152 valence electrons. The standard InChI is InChI=1S/C20H25FN2O3S2/c21-17-5-1-2-6-18(17)23-11-9-22(10-12-23)8-3-4-15-14-19(24)16-7-13-27-20(16)28(15,25)26/h1-2,5-7,13,15,19,24H,3-4,8-12,14H2. The number of nitrogens with zero attached hydrogens (tertiary/aromatic N) is 2. The molecule has 0 amide bonds. The summed E-state index contributed by atoms with van der Waals surface area (Å²) in [5.74, 6) is -0.190. The highest BCUT2D eigenvalue weighted by Gasteiger charge is 2.38. The highest BCUT2D eigenvalue weighted by molar-refractivity contribution is 7.94. The molecule has 1 aromatic heterocycles. The van der Waals surface area contributed by atoms with Crippen LogP contribution in [0.5, 0.6) is 0 Å². The van der Waals surface area contributed by atoms with Crippen LogP contribution in [0, 0.1) is 5.82 Å². The van der Waals surface area contributed by atoms with Gasteiger partial charge in [0, 0.05) is 31.7 Å². The highest BCUT2D eigenvalue weighted by atomic mass is 32.2. The molecule has 2 aliphatic rings. The third kappa shape index (κ3) is 3.83. The van der Waals surface area contributed by atoms with Gasteiger partial charge in [-0.2, -0.15) is 0 Å². The Labute approximate surface area is 169 Å². The van der Waals surface area contributed by atoms with Gasteiger partial charge >= 0.3 is 0 Å². The SMILES string of the molecule is O=S1(=O)c2sccc2C(O)CC1CCCN1CCN(c2ccccc2F)CC1. The second kappa shape index (κ2) is 8.10. The van der Waals surface area contributed by atoms with E-state index < -0.39 is 21.2 Å². The predicted molar refractivity (Wildman–Crippen MR) is 109 cm³/mol. The lowest BCUT2D eigenvalue weighted by Gasteiger charge is -2.36. The van der Waals surface area contributed by atoms with Crippen LogP contribution in [0.25, 0.3) is 0 Å². The zero-order chi connectivity index (χ0) is 19.7. The van der Waals surface area contributed by atoms with E-state index >= 15 is 0 Å². The van der Waals surface area contributed by atoms with Gasteiger partial charge in [0.2, 0.25) is 0 Å². The van der Waals surface area contributed by atoms with E-state index in [2.05, 4.69) is 9.80 Å². The second-order valence-corrected chi connectivity index (χ2v) is 10.8. The van der Waals surface area contributed by atoms with E-state index in [0.29, 0.717) is 21.9 Å². The Hall–Kier alpha value is -1.48. The van der Waals surface area contributed by atoms with Gasteiger partial charge in [0.15, 0.2) is 9.84 Å². The zero-order valence-corrected chi connectivity index (χ0v) is 17.3. The molecule has 3 heterocycles. The summed E-state index contributed by atoms with van der Waals surface area (Å²) in [6, 6.07) is 8.56. The lowest BCUT2D eigenvalue weighted by molar-refractivity contribution is 0.157. The van der Waals surface area contributed by atoms with Gasteiger partial charge in [-0.25, -0.2) is 12.8 Å². The Morgan fingerprint density at radius 2 is 1.89 bits per heavy atom. The number of piperazine rings is 1. The predicted octanol–water partition coefficient (Wildman–Crippen LogP) is 3.07. The van der Waals surface area contributed by atoms with Crippen LogP contribution in [-0.2, 0) is 9.84 Å². The van der Waals surface area contributed by atoms with E-state index in [-0.39, 0.29) is 12.2 Å². The Morgan fingerprint density at radius 3 is 2.64 bits per heavy atom. The van der Waals surface area contributed by atoms with E-state index in [9.17, 15) is 17.9 Å². The third-order valence-corrected chi connectivity index (χ3v) is 9.53. The van der Waals surface area contributed by atoms with Gasteiger partial charge in [-0.05, 0) is 49.4 Å². The van der Waals surface area contributed by atoms with Gasteiger partial charge in [0.25, 0.3) is 0 Å². The molecule has 0 aliphatic carbocycles. The minimum Gasteiger partial charge on any atom is -0.388 e. The minimum atomic E-state index is -3.33. The third-order valence-electron chi connectivity index (χ3n) is 5.77. The van der Waals surface area contributed by atoms with Crippen LogP contribution in [0.1, 0.15) is 30.9 Å². The molecule has 0 saturated carbocycles. The molecule has 2 atom stereocenters. The number of halogens is 1. The van der Waals surface area contributed by atoms with Crippen molar-refractivity contribution in [3.63, 3.8) is 0 Å². The average molecular weight is 425 g/mol. The maximum absolute atomic E-state index is 13.9. The first-order chi connectivity index (χ1) is 13.5. The fourth-order valence-electron chi connectivity index (χ4n) is 4.17. The van der Waals surface area contributed by atoms with Gasteiger partial charge in [0.1, 0.15) is 10.0 Å². The molecule has 5 nitrogen and oxygen atoms in total. The second-order valence-electron chi connectivity index (χ2n) is 7.50. The Morgan fingerprint density at radius 1 is 1.14 bits per heavy atom. The molecular formula is C20H25FN2O3S2. The molecule has 0 radical (unpaired) electrons. The number of benzene rings is 1. The number of anilines is 1. The number of sulfone groups is 1. The average Bonchev–Trinajstić information content (AvgIpc) is 3.19. The van der Waals surface area contributed by atoms with Crippen molar-refractivity contribution in [3.8, 4) is 0 Å². The summed E-state index contributed by atoms with van der Waals surface area (Å²) in [6.45, 7) is 4.03. The summed E-state index contributed by atoms with van der Waals surface area (Å²) in [4.78, 5) is 4.37. The molecule has 4 rings (SSSR count). The van der Waals surface area contributed by atoms with E-state index in [1.54, 1.807) is 17.5 Å². The van der Waals surface area contributed by atoms with E-state index in [4.69, 9.17) is 0 Å². The largest absolute Gasteiger partial charge is 0.388 e. The first kappa shape index (κ1) is 19.8. The van der Waals surface area contributed by atoms with Crippen molar-refractivity contribution in [1.82, 2.24) is 4.90 Å². The Balaban J connectivity index is 1.28. The number of rotatable bonds is 5. The summed E-state index contributed by atoms with van der Waals surface area (Å²) in [5.41, 5.74) is 1.21. The van der Waals surface area contributed by atoms with Crippen molar-refractivity contribution < 1.29 is 17.9 Å². The number of thiophene rings is 1. The zero-order valence-electron chi connectivity index (χ0n) is 15.6. The number of hydrogen-bond donors (Lipinski definition) is 1. The number of hydrogen-bond acceptors (Lipinski definition) is 6. The highest BCUT2D eigenvalue weighted by Crippen LogP contribution is 2.40. The van der Waals surface area contributed by atoms with Crippen LogP contribution in [0.2, 0.25) is 0 Å². The van der Waals surface area contributed by atoms with Crippen LogP contribution in [0.3, 0.4) is 0 Å². The lowest BCUT2D eigenvalue weighted by atomic mass is 10.0. The molecule has 8 heteroatoms. The van der Waals surface area contributed by atoms with Gasteiger partial charge in [-0.3, -0.25) is 4.90 Å².